The van der Waals surface area contributed by atoms with E-state index in [0.29, 0.717) is 30.0 Å². The topological polar surface area (TPSA) is 43.4 Å². The Hall–Kier alpha value is -1.38. The lowest BCUT2D eigenvalue weighted by Crippen LogP contribution is -2.55. The van der Waals surface area contributed by atoms with Gasteiger partial charge in [0.25, 0.3) is 0 Å². The smallest absolute Gasteiger partial charge is 0.303 e. The molecular formula is C23H32O3. The monoisotopic (exact) mass is 356 g/mol. The van der Waals surface area contributed by atoms with Crippen molar-refractivity contribution in [2.45, 2.75) is 77.7 Å². The summed E-state index contributed by atoms with van der Waals surface area (Å²) < 4.78 is 5.93. The van der Waals surface area contributed by atoms with Crippen molar-refractivity contribution in [1.29, 1.82) is 0 Å². The van der Waals surface area contributed by atoms with Crippen LogP contribution in [0.15, 0.2) is 24.3 Å². The minimum atomic E-state index is -0.506. The van der Waals surface area contributed by atoms with Crippen LogP contribution in [0.25, 0.3) is 0 Å². The summed E-state index contributed by atoms with van der Waals surface area (Å²) in [4.78, 5) is 23.8. The van der Waals surface area contributed by atoms with Crippen LogP contribution in [-0.4, -0.2) is 17.4 Å². The standard InChI is InChI=1S/C23H32O3/c1-5-23(26-15(2)24)13-10-20-18-7-6-16-14-17(25)8-11-21(16,3)19(18)9-12-22(20,23)4/h5,14,18-20H,1,6-13H2,2-4H3/t18-,19+,20-,21+,22+,23+/m1/s1. The summed E-state index contributed by atoms with van der Waals surface area (Å²) in [5, 5.41) is 0. The Bertz CT molecular complexity index is 692. The predicted molar refractivity (Wildman–Crippen MR) is 101 cm³/mol. The highest BCUT2D eigenvalue weighted by Gasteiger charge is 2.64. The number of hydrogen-bond donors (Lipinski definition) is 0. The third-order valence-electron chi connectivity index (χ3n) is 8.80. The number of fused-ring (bicyclic) bond motifs is 5. The molecular weight excluding hydrogens is 324 g/mol. The quantitative estimate of drug-likeness (QED) is 0.516. The Morgan fingerprint density at radius 1 is 1.15 bits per heavy atom. The molecule has 3 saturated carbocycles. The van der Waals surface area contributed by atoms with Gasteiger partial charge in [0, 0.05) is 18.8 Å². The van der Waals surface area contributed by atoms with E-state index >= 15 is 0 Å². The van der Waals surface area contributed by atoms with Crippen LogP contribution in [-0.2, 0) is 14.3 Å². The first kappa shape index (κ1) is 18.0. The molecule has 0 aromatic carbocycles. The van der Waals surface area contributed by atoms with E-state index in [1.165, 1.54) is 18.9 Å². The van der Waals surface area contributed by atoms with Crippen LogP contribution >= 0.6 is 0 Å². The average Bonchev–Trinajstić information content (AvgIpc) is 2.88. The lowest BCUT2D eigenvalue weighted by molar-refractivity contribution is -0.171. The third kappa shape index (κ3) is 2.25. The van der Waals surface area contributed by atoms with Gasteiger partial charge < -0.3 is 4.74 Å². The Balaban J connectivity index is 1.68. The van der Waals surface area contributed by atoms with Crippen molar-refractivity contribution in [3.63, 3.8) is 0 Å². The van der Waals surface area contributed by atoms with Gasteiger partial charge in [0.15, 0.2) is 5.78 Å². The normalized spacial score (nSPS) is 47.3. The predicted octanol–water partition coefficient (Wildman–Crippen LogP) is 5.01. The molecule has 0 amide bonds. The summed E-state index contributed by atoms with van der Waals surface area (Å²) in [5.74, 6) is 2.03. The molecule has 6 atom stereocenters. The Labute approximate surface area is 157 Å². The molecule has 4 aliphatic carbocycles. The minimum absolute atomic E-state index is 0.0103. The summed E-state index contributed by atoms with van der Waals surface area (Å²) in [6.45, 7) is 10.3. The number of carbonyl (C=O) groups is 2. The van der Waals surface area contributed by atoms with E-state index in [4.69, 9.17) is 4.74 Å². The molecule has 3 heteroatoms. The van der Waals surface area contributed by atoms with Gasteiger partial charge in [-0.25, -0.2) is 0 Å². The van der Waals surface area contributed by atoms with E-state index in [-0.39, 0.29) is 16.8 Å². The zero-order chi connectivity index (χ0) is 18.7. The Morgan fingerprint density at radius 3 is 2.58 bits per heavy atom. The number of rotatable bonds is 2. The van der Waals surface area contributed by atoms with Crippen LogP contribution in [0.5, 0.6) is 0 Å². The second-order valence-electron chi connectivity index (χ2n) is 9.65. The lowest BCUT2D eigenvalue weighted by Gasteiger charge is -2.59. The second-order valence-corrected chi connectivity index (χ2v) is 9.65. The van der Waals surface area contributed by atoms with Gasteiger partial charge in [-0.15, -0.1) is 0 Å². The molecule has 0 N–H and O–H groups in total. The summed E-state index contributed by atoms with van der Waals surface area (Å²) in [5.41, 5.74) is 1.09. The van der Waals surface area contributed by atoms with E-state index in [2.05, 4.69) is 20.4 Å². The number of ketones is 1. The molecule has 0 aromatic rings. The van der Waals surface area contributed by atoms with E-state index in [1.54, 1.807) is 0 Å². The molecule has 0 radical (unpaired) electrons. The van der Waals surface area contributed by atoms with Crippen LogP contribution in [0.3, 0.4) is 0 Å². The fourth-order valence-electron chi connectivity index (χ4n) is 7.39. The van der Waals surface area contributed by atoms with Crippen LogP contribution < -0.4 is 0 Å². The highest BCUT2D eigenvalue weighted by Crippen LogP contribution is 2.68. The fourth-order valence-corrected chi connectivity index (χ4v) is 7.39. The molecule has 0 aliphatic heterocycles. The molecule has 0 heterocycles. The zero-order valence-corrected chi connectivity index (χ0v) is 16.5. The van der Waals surface area contributed by atoms with Crippen molar-refractivity contribution in [2.75, 3.05) is 0 Å². The van der Waals surface area contributed by atoms with E-state index in [0.717, 1.165) is 38.5 Å². The zero-order valence-electron chi connectivity index (χ0n) is 16.5. The van der Waals surface area contributed by atoms with E-state index < -0.39 is 5.60 Å². The first-order chi connectivity index (χ1) is 12.3. The molecule has 0 aromatic heterocycles. The van der Waals surface area contributed by atoms with Gasteiger partial charge in [0.1, 0.15) is 5.60 Å². The molecule has 0 unspecified atom stereocenters. The SMILES string of the molecule is C=C[C@]1(OC(C)=O)CC[C@@H]2[C@@H]3CCC4=CC(=O)CC[C@]4(C)[C@H]3CC[C@@]21C. The van der Waals surface area contributed by atoms with Crippen molar-refractivity contribution >= 4 is 11.8 Å². The van der Waals surface area contributed by atoms with Crippen molar-refractivity contribution < 1.29 is 14.3 Å². The van der Waals surface area contributed by atoms with E-state index in [9.17, 15) is 9.59 Å². The molecule has 3 nitrogen and oxygen atoms in total. The van der Waals surface area contributed by atoms with Gasteiger partial charge in [0.05, 0.1) is 0 Å². The maximum absolute atomic E-state index is 11.9. The van der Waals surface area contributed by atoms with Crippen LogP contribution in [0, 0.1) is 28.6 Å². The maximum Gasteiger partial charge on any atom is 0.303 e. The lowest BCUT2D eigenvalue weighted by atomic mass is 9.46. The number of carbonyl (C=O) groups excluding carboxylic acids is 2. The summed E-state index contributed by atoms with van der Waals surface area (Å²) >= 11 is 0. The molecule has 3 fully saturated rings. The molecule has 142 valence electrons. The van der Waals surface area contributed by atoms with Crippen LogP contribution in [0.2, 0.25) is 0 Å². The maximum atomic E-state index is 11.9. The van der Waals surface area contributed by atoms with E-state index in [1.807, 2.05) is 12.2 Å². The van der Waals surface area contributed by atoms with Gasteiger partial charge in [-0.05, 0) is 80.3 Å². The number of esters is 1. The fraction of sp³-hybridized carbons (Fsp3) is 0.739. The van der Waals surface area contributed by atoms with Gasteiger partial charge in [0.2, 0.25) is 0 Å². The summed E-state index contributed by atoms with van der Waals surface area (Å²) in [6.07, 6.45) is 12.1. The Morgan fingerprint density at radius 2 is 1.88 bits per heavy atom. The molecule has 0 saturated heterocycles. The van der Waals surface area contributed by atoms with Gasteiger partial charge in [-0.3, -0.25) is 9.59 Å². The molecule has 26 heavy (non-hydrogen) atoms. The van der Waals surface area contributed by atoms with Crippen molar-refractivity contribution in [3.8, 4) is 0 Å². The van der Waals surface area contributed by atoms with Crippen molar-refractivity contribution in [2.24, 2.45) is 28.6 Å². The van der Waals surface area contributed by atoms with Gasteiger partial charge in [-0.1, -0.05) is 26.0 Å². The molecule has 4 rings (SSSR count). The summed E-state index contributed by atoms with van der Waals surface area (Å²) in [7, 11) is 0. The third-order valence-corrected chi connectivity index (χ3v) is 8.80. The van der Waals surface area contributed by atoms with Crippen molar-refractivity contribution in [1.82, 2.24) is 0 Å². The largest absolute Gasteiger partial charge is 0.454 e. The Kier molecular flexibility index (Phi) is 4.02. The second kappa shape index (κ2) is 5.81. The number of ether oxygens (including phenoxy) is 1. The van der Waals surface area contributed by atoms with Crippen LogP contribution in [0.1, 0.15) is 72.1 Å². The molecule has 0 bridgehead atoms. The van der Waals surface area contributed by atoms with Crippen LogP contribution in [0.4, 0.5) is 0 Å². The highest BCUT2D eigenvalue weighted by atomic mass is 16.6. The molecule has 4 aliphatic rings. The molecule has 0 spiro atoms. The van der Waals surface area contributed by atoms with Gasteiger partial charge >= 0.3 is 5.97 Å². The number of hydrogen-bond acceptors (Lipinski definition) is 3. The average molecular weight is 357 g/mol. The number of allylic oxidation sites excluding steroid dienone is 1. The van der Waals surface area contributed by atoms with Gasteiger partial charge in [-0.2, -0.15) is 0 Å². The summed E-state index contributed by atoms with van der Waals surface area (Å²) in [6, 6.07) is 0. The van der Waals surface area contributed by atoms with Crippen molar-refractivity contribution in [3.05, 3.63) is 24.3 Å². The first-order valence-electron chi connectivity index (χ1n) is 10.3. The highest BCUT2D eigenvalue weighted by molar-refractivity contribution is 5.91. The first-order valence-corrected chi connectivity index (χ1v) is 10.3. The minimum Gasteiger partial charge on any atom is -0.454 e.